The molecule has 0 spiro atoms. The van der Waals surface area contributed by atoms with E-state index in [1.165, 1.54) is 4.90 Å². The number of nitrogen functional groups attached to an aromatic ring is 1. The van der Waals surface area contributed by atoms with Crippen molar-refractivity contribution < 1.29 is 9.90 Å². The number of piperazine rings is 1. The third kappa shape index (κ3) is 2.32. The van der Waals surface area contributed by atoms with Crippen LogP contribution in [0.2, 0.25) is 0 Å². The fourth-order valence-corrected chi connectivity index (χ4v) is 2.77. The normalized spacial score (nSPS) is 19.2. The number of nitrogens with two attached hydrogens (primary N) is 1. The predicted molar refractivity (Wildman–Crippen MR) is 78.5 cm³/mol. The van der Waals surface area contributed by atoms with E-state index in [2.05, 4.69) is 15.0 Å². The third-order valence-electron chi connectivity index (χ3n) is 3.74. The Morgan fingerprint density at radius 1 is 1.43 bits per heavy atom. The second-order valence-electron chi connectivity index (χ2n) is 5.37. The van der Waals surface area contributed by atoms with Gasteiger partial charge in [-0.15, -0.1) is 0 Å². The minimum Gasteiger partial charge on any atom is -0.465 e. The Bertz CT molecular complexity index is 697. The lowest BCUT2D eigenvalue weighted by atomic mass is 10.2. The van der Waals surface area contributed by atoms with Gasteiger partial charge >= 0.3 is 6.09 Å². The van der Waals surface area contributed by atoms with Gasteiger partial charge in [0.1, 0.15) is 11.6 Å². The molecule has 21 heavy (non-hydrogen) atoms. The van der Waals surface area contributed by atoms with Crippen molar-refractivity contribution >= 4 is 23.4 Å². The molecule has 0 radical (unpaired) electrons. The van der Waals surface area contributed by atoms with Gasteiger partial charge in [0.2, 0.25) is 0 Å². The van der Waals surface area contributed by atoms with Crippen molar-refractivity contribution in [2.75, 3.05) is 30.3 Å². The van der Waals surface area contributed by atoms with Gasteiger partial charge in [0.05, 0.1) is 5.69 Å². The number of amides is 1. The van der Waals surface area contributed by atoms with Crippen molar-refractivity contribution in [3.63, 3.8) is 0 Å². The lowest BCUT2D eigenvalue weighted by Crippen LogP contribution is -2.54. The van der Waals surface area contributed by atoms with Crippen molar-refractivity contribution in [2.45, 2.75) is 19.9 Å². The van der Waals surface area contributed by atoms with E-state index in [1.807, 2.05) is 19.9 Å². The Kier molecular flexibility index (Phi) is 3.08. The molecule has 8 heteroatoms. The molecule has 0 bridgehead atoms. The van der Waals surface area contributed by atoms with E-state index in [9.17, 15) is 4.79 Å². The Morgan fingerprint density at radius 3 is 2.86 bits per heavy atom. The molecule has 1 aliphatic heterocycles. The Morgan fingerprint density at radius 2 is 2.19 bits per heavy atom. The van der Waals surface area contributed by atoms with Crippen LogP contribution in [0.5, 0.6) is 0 Å². The maximum Gasteiger partial charge on any atom is 0.407 e. The van der Waals surface area contributed by atoms with Crippen LogP contribution in [-0.4, -0.2) is 56.4 Å². The summed E-state index contributed by atoms with van der Waals surface area (Å²) in [5.74, 6) is 1.29. The maximum atomic E-state index is 11.1. The fraction of sp³-hybridized carbons (Fsp3) is 0.462. The highest BCUT2D eigenvalue weighted by atomic mass is 16.4. The zero-order valence-corrected chi connectivity index (χ0v) is 12.0. The SMILES string of the molecule is Cc1cc2nc(N)cc(N3CCN(C(=O)O)C[C@@H]3C)n2n1. The summed E-state index contributed by atoms with van der Waals surface area (Å²) in [6.45, 7) is 5.42. The number of hydrogen-bond donors (Lipinski definition) is 2. The summed E-state index contributed by atoms with van der Waals surface area (Å²) in [4.78, 5) is 18.9. The summed E-state index contributed by atoms with van der Waals surface area (Å²) in [6.07, 6.45) is -0.879. The van der Waals surface area contributed by atoms with E-state index >= 15 is 0 Å². The second-order valence-corrected chi connectivity index (χ2v) is 5.37. The smallest absolute Gasteiger partial charge is 0.407 e. The van der Waals surface area contributed by atoms with E-state index in [0.29, 0.717) is 31.1 Å². The second kappa shape index (κ2) is 4.80. The highest BCUT2D eigenvalue weighted by Crippen LogP contribution is 2.23. The van der Waals surface area contributed by atoms with Crippen molar-refractivity contribution in [3.05, 3.63) is 17.8 Å². The van der Waals surface area contributed by atoms with Crippen LogP contribution in [0.1, 0.15) is 12.6 Å². The summed E-state index contributed by atoms with van der Waals surface area (Å²) in [6, 6.07) is 3.70. The number of rotatable bonds is 1. The lowest BCUT2D eigenvalue weighted by Gasteiger charge is -2.39. The van der Waals surface area contributed by atoms with Gasteiger partial charge in [-0.05, 0) is 13.8 Å². The average molecular weight is 290 g/mol. The first-order valence-electron chi connectivity index (χ1n) is 6.83. The third-order valence-corrected chi connectivity index (χ3v) is 3.74. The fourth-order valence-electron chi connectivity index (χ4n) is 2.77. The van der Waals surface area contributed by atoms with Gasteiger partial charge in [-0.1, -0.05) is 0 Å². The van der Waals surface area contributed by atoms with Crippen LogP contribution >= 0.6 is 0 Å². The predicted octanol–water partition coefficient (Wildman–Crippen LogP) is 0.808. The van der Waals surface area contributed by atoms with Gasteiger partial charge in [-0.3, -0.25) is 0 Å². The highest BCUT2D eigenvalue weighted by Gasteiger charge is 2.28. The molecule has 0 aromatic carbocycles. The zero-order chi connectivity index (χ0) is 15.1. The molecule has 8 nitrogen and oxygen atoms in total. The van der Waals surface area contributed by atoms with E-state index < -0.39 is 6.09 Å². The standard InChI is InChI=1S/C13H18N6O2/c1-8-5-11-15-10(14)6-12(19(11)16-8)18-4-3-17(13(20)21)7-9(18)2/h5-6,9H,3-4,7H2,1-2H3,(H2,14,15)(H,20,21)/t9-/m0/s1. The van der Waals surface area contributed by atoms with Gasteiger partial charge in [0.15, 0.2) is 5.65 Å². The summed E-state index contributed by atoms with van der Waals surface area (Å²) in [7, 11) is 0. The number of aryl methyl sites for hydroxylation is 1. The average Bonchev–Trinajstić information content (AvgIpc) is 2.77. The van der Waals surface area contributed by atoms with Crippen molar-refractivity contribution in [1.29, 1.82) is 0 Å². The van der Waals surface area contributed by atoms with Crippen molar-refractivity contribution in [1.82, 2.24) is 19.5 Å². The number of fused-ring (bicyclic) bond motifs is 1. The van der Waals surface area contributed by atoms with Crippen LogP contribution in [0, 0.1) is 6.92 Å². The molecule has 112 valence electrons. The van der Waals surface area contributed by atoms with E-state index in [0.717, 1.165) is 11.5 Å². The number of carbonyl (C=O) groups is 1. The molecular formula is C13H18N6O2. The Labute approximate surface area is 121 Å². The first-order valence-corrected chi connectivity index (χ1v) is 6.83. The number of hydrogen-bond acceptors (Lipinski definition) is 5. The summed E-state index contributed by atoms with van der Waals surface area (Å²) in [5.41, 5.74) is 7.45. The van der Waals surface area contributed by atoms with Crippen LogP contribution in [0.4, 0.5) is 16.4 Å². The largest absolute Gasteiger partial charge is 0.465 e. The molecule has 2 aromatic rings. The van der Waals surface area contributed by atoms with Gasteiger partial charge in [-0.2, -0.15) is 9.61 Å². The lowest BCUT2D eigenvalue weighted by molar-refractivity contribution is 0.136. The van der Waals surface area contributed by atoms with Crippen LogP contribution in [0.15, 0.2) is 12.1 Å². The molecule has 1 fully saturated rings. The highest BCUT2D eigenvalue weighted by molar-refractivity contribution is 5.66. The minimum atomic E-state index is -0.879. The summed E-state index contributed by atoms with van der Waals surface area (Å²) >= 11 is 0. The topological polar surface area (TPSA) is 100.0 Å². The monoisotopic (exact) mass is 290 g/mol. The van der Waals surface area contributed by atoms with Crippen LogP contribution in [-0.2, 0) is 0 Å². The number of carboxylic acid groups (broad SMARTS) is 1. The number of nitrogens with zero attached hydrogens (tertiary/aromatic N) is 5. The van der Waals surface area contributed by atoms with Crippen LogP contribution < -0.4 is 10.6 Å². The van der Waals surface area contributed by atoms with Crippen molar-refractivity contribution in [3.8, 4) is 0 Å². The van der Waals surface area contributed by atoms with Crippen molar-refractivity contribution in [2.24, 2.45) is 0 Å². The number of anilines is 2. The minimum absolute atomic E-state index is 0.0457. The first-order chi connectivity index (χ1) is 9.95. The molecule has 3 N–H and O–H groups in total. The molecule has 3 heterocycles. The van der Waals surface area contributed by atoms with Gasteiger partial charge in [0.25, 0.3) is 0 Å². The quantitative estimate of drug-likeness (QED) is 0.806. The van der Waals surface area contributed by atoms with E-state index in [-0.39, 0.29) is 6.04 Å². The first kappa shape index (κ1) is 13.5. The molecule has 2 aromatic heterocycles. The molecule has 1 aliphatic rings. The molecule has 0 unspecified atom stereocenters. The zero-order valence-electron chi connectivity index (χ0n) is 12.0. The molecule has 1 saturated heterocycles. The van der Waals surface area contributed by atoms with Crippen LogP contribution in [0.3, 0.4) is 0 Å². The van der Waals surface area contributed by atoms with Gasteiger partial charge in [0, 0.05) is 37.8 Å². The molecule has 1 amide bonds. The van der Waals surface area contributed by atoms with Gasteiger partial charge in [-0.25, -0.2) is 9.78 Å². The number of aromatic nitrogens is 3. The maximum absolute atomic E-state index is 11.1. The van der Waals surface area contributed by atoms with E-state index in [4.69, 9.17) is 10.8 Å². The summed E-state index contributed by atoms with van der Waals surface area (Å²) in [5, 5.41) is 13.5. The summed E-state index contributed by atoms with van der Waals surface area (Å²) < 4.78 is 1.76. The molecular weight excluding hydrogens is 272 g/mol. The Balaban J connectivity index is 1.99. The molecule has 1 atom stereocenters. The molecule has 0 aliphatic carbocycles. The van der Waals surface area contributed by atoms with Crippen LogP contribution in [0.25, 0.3) is 5.65 Å². The van der Waals surface area contributed by atoms with E-state index in [1.54, 1.807) is 10.6 Å². The van der Waals surface area contributed by atoms with Gasteiger partial charge < -0.3 is 20.6 Å². The molecule has 3 rings (SSSR count). The molecule has 0 saturated carbocycles. The Hall–Kier alpha value is -2.51.